The molecule has 0 aliphatic carbocycles. The molecule has 0 bridgehead atoms. The molecule has 0 heterocycles. The zero-order valence-corrected chi connectivity index (χ0v) is 17.8. The van der Waals surface area contributed by atoms with Gasteiger partial charge in [-0.1, -0.05) is 53.2 Å². The molecule has 1 N–H and O–H groups in total. The Kier molecular flexibility index (Phi) is 7.00. The Hall–Kier alpha value is -2.71. The molecule has 0 aliphatic rings. The van der Waals surface area contributed by atoms with Crippen LogP contribution in [0.3, 0.4) is 0 Å². The van der Waals surface area contributed by atoms with Gasteiger partial charge in [-0.05, 0) is 72.7 Å². The first-order valence-corrected chi connectivity index (χ1v) is 10.2. The van der Waals surface area contributed by atoms with Crippen molar-refractivity contribution in [2.45, 2.75) is 16.7 Å². The highest BCUT2D eigenvalue weighted by atomic mass is 35.5. The van der Waals surface area contributed by atoms with Gasteiger partial charge in [0.15, 0.2) is 0 Å². The van der Waals surface area contributed by atoms with Crippen LogP contribution in [0.2, 0.25) is 10.0 Å². The van der Waals surface area contributed by atoms with E-state index < -0.39 is 5.91 Å². The molecule has 0 spiro atoms. The van der Waals surface area contributed by atoms with Crippen LogP contribution in [0.4, 0.5) is 5.69 Å². The van der Waals surface area contributed by atoms with Gasteiger partial charge in [0.1, 0.15) is 11.6 Å². The number of nitrogens with one attached hydrogen (secondary N) is 1. The number of nitrogens with zero attached hydrogens (tertiary/aromatic N) is 1. The fourth-order valence-corrected chi connectivity index (χ4v) is 3.62. The molecule has 29 heavy (non-hydrogen) atoms. The summed E-state index contributed by atoms with van der Waals surface area (Å²) in [6, 6.07) is 22.4. The average Bonchev–Trinajstić information content (AvgIpc) is 2.71. The molecule has 0 saturated carbocycles. The lowest BCUT2D eigenvalue weighted by molar-refractivity contribution is -0.112. The summed E-state index contributed by atoms with van der Waals surface area (Å²) in [6.07, 6.45) is 1.56. The van der Waals surface area contributed by atoms with Gasteiger partial charge in [0.2, 0.25) is 0 Å². The molecule has 0 radical (unpaired) electrons. The monoisotopic (exact) mass is 438 g/mol. The molecule has 0 unspecified atom stereocenters. The summed E-state index contributed by atoms with van der Waals surface area (Å²) in [5.41, 5.74) is 2.23. The van der Waals surface area contributed by atoms with Gasteiger partial charge in [-0.3, -0.25) is 4.79 Å². The van der Waals surface area contributed by atoms with Crippen LogP contribution in [0, 0.1) is 18.3 Å². The van der Waals surface area contributed by atoms with Crippen molar-refractivity contribution < 1.29 is 4.79 Å². The molecular formula is C23H16Cl2N2OS. The lowest BCUT2D eigenvalue weighted by Gasteiger charge is -2.08. The van der Waals surface area contributed by atoms with Gasteiger partial charge in [-0.2, -0.15) is 5.26 Å². The van der Waals surface area contributed by atoms with Crippen molar-refractivity contribution in [3.8, 4) is 6.07 Å². The van der Waals surface area contributed by atoms with E-state index in [2.05, 4.69) is 5.32 Å². The van der Waals surface area contributed by atoms with E-state index in [1.54, 1.807) is 30.0 Å². The average molecular weight is 439 g/mol. The number of anilines is 1. The smallest absolute Gasteiger partial charge is 0.266 e. The van der Waals surface area contributed by atoms with Gasteiger partial charge in [-0.25, -0.2) is 0 Å². The Bertz CT molecular complexity index is 1100. The summed E-state index contributed by atoms with van der Waals surface area (Å²) in [5.74, 6) is -0.475. The van der Waals surface area contributed by atoms with Crippen molar-refractivity contribution in [1.29, 1.82) is 5.26 Å². The van der Waals surface area contributed by atoms with Crippen LogP contribution in [-0.2, 0) is 4.79 Å². The van der Waals surface area contributed by atoms with Crippen LogP contribution in [0.15, 0.2) is 82.1 Å². The number of aryl methyl sites for hydroxylation is 1. The van der Waals surface area contributed by atoms with E-state index in [4.69, 9.17) is 23.2 Å². The van der Waals surface area contributed by atoms with Gasteiger partial charge in [0.05, 0.1) is 0 Å². The Labute approximate surface area is 184 Å². The Morgan fingerprint density at radius 1 is 0.966 bits per heavy atom. The quantitative estimate of drug-likeness (QED) is 0.344. The topological polar surface area (TPSA) is 52.9 Å². The molecule has 3 aromatic carbocycles. The third-order valence-corrected chi connectivity index (χ3v) is 5.56. The molecule has 3 nitrogen and oxygen atoms in total. The number of benzene rings is 3. The molecule has 0 aliphatic heterocycles. The van der Waals surface area contributed by atoms with Crippen molar-refractivity contribution in [3.63, 3.8) is 0 Å². The minimum atomic E-state index is -0.475. The fourth-order valence-electron chi connectivity index (χ4n) is 2.50. The van der Waals surface area contributed by atoms with Gasteiger partial charge in [-0.15, -0.1) is 0 Å². The lowest BCUT2D eigenvalue weighted by Crippen LogP contribution is -2.14. The van der Waals surface area contributed by atoms with Crippen molar-refractivity contribution >= 4 is 52.6 Å². The number of halogens is 2. The summed E-state index contributed by atoms with van der Waals surface area (Å²) in [4.78, 5) is 14.6. The van der Waals surface area contributed by atoms with Gasteiger partial charge in [0, 0.05) is 25.5 Å². The van der Waals surface area contributed by atoms with Crippen LogP contribution in [0.25, 0.3) is 6.08 Å². The minimum absolute atomic E-state index is 0.0162. The van der Waals surface area contributed by atoms with E-state index in [0.29, 0.717) is 15.7 Å². The van der Waals surface area contributed by atoms with Crippen LogP contribution in [0.1, 0.15) is 11.1 Å². The highest BCUT2D eigenvalue weighted by molar-refractivity contribution is 7.99. The highest BCUT2D eigenvalue weighted by Crippen LogP contribution is 2.29. The second-order valence-electron chi connectivity index (χ2n) is 6.21. The molecule has 0 fully saturated rings. The Morgan fingerprint density at radius 3 is 2.17 bits per heavy atom. The molecule has 6 heteroatoms. The van der Waals surface area contributed by atoms with Crippen molar-refractivity contribution in [2.24, 2.45) is 0 Å². The molecular weight excluding hydrogens is 423 g/mol. The largest absolute Gasteiger partial charge is 0.321 e. The van der Waals surface area contributed by atoms with E-state index in [0.717, 1.165) is 20.9 Å². The van der Waals surface area contributed by atoms with Crippen LogP contribution in [-0.4, -0.2) is 5.91 Å². The normalized spacial score (nSPS) is 11.0. The van der Waals surface area contributed by atoms with E-state index in [1.165, 1.54) is 0 Å². The van der Waals surface area contributed by atoms with Crippen LogP contribution < -0.4 is 5.32 Å². The second-order valence-corrected chi connectivity index (χ2v) is 8.23. The number of amides is 1. The van der Waals surface area contributed by atoms with Gasteiger partial charge >= 0.3 is 0 Å². The summed E-state index contributed by atoms with van der Waals surface area (Å²) < 4.78 is 0. The van der Waals surface area contributed by atoms with Gasteiger partial charge in [0.25, 0.3) is 5.91 Å². The number of carbonyl (C=O) groups excluding carboxylic acids is 1. The molecule has 0 atom stereocenters. The second kappa shape index (κ2) is 9.67. The highest BCUT2D eigenvalue weighted by Gasteiger charge is 2.11. The summed E-state index contributed by atoms with van der Waals surface area (Å²) >= 11 is 13.5. The van der Waals surface area contributed by atoms with Gasteiger partial charge < -0.3 is 5.32 Å². The summed E-state index contributed by atoms with van der Waals surface area (Å²) in [5, 5.41) is 13.4. The lowest BCUT2D eigenvalue weighted by atomic mass is 10.1. The van der Waals surface area contributed by atoms with Crippen molar-refractivity contribution in [2.75, 3.05) is 5.32 Å². The maximum Gasteiger partial charge on any atom is 0.266 e. The van der Waals surface area contributed by atoms with E-state index in [9.17, 15) is 10.1 Å². The fraction of sp³-hybridized carbons (Fsp3) is 0.0435. The van der Waals surface area contributed by atoms with Crippen molar-refractivity contribution in [1.82, 2.24) is 0 Å². The molecule has 3 aromatic rings. The number of rotatable bonds is 5. The van der Waals surface area contributed by atoms with Crippen LogP contribution in [0.5, 0.6) is 0 Å². The van der Waals surface area contributed by atoms with Crippen molar-refractivity contribution in [3.05, 3.63) is 93.5 Å². The maximum atomic E-state index is 12.5. The van der Waals surface area contributed by atoms with E-state index >= 15 is 0 Å². The first kappa shape index (κ1) is 21.0. The molecule has 1 amide bonds. The third kappa shape index (κ3) is 5.88. The zero-order valence-electron chi connectivity index (χ0n) is 15.4. The molecule has 0 aromatic heterocycles. The summed E-state index contributed by atoms with van der Waals surface area (Å²) in [7, 11) is 0. The molecule has 0 saturated heterocycles. The first-order valence-electron chi connectivity index (χ1n) is 8.67. The Morgan fingerprint density at radius 2 is 1.55 bits per heavy atom. The summed E-state index contributed by atoms with van der Waals surface area (Å²) in [6.45, 7) is 1.86. The minimum Gasteiger partial charge on any atom is -0.321 e. The number of carbonyl (C=O) groups is 1. The zero-order chi connectivity index (χ0) is 20.8. The molecule has 3 rings (SSSR count). The van der Waals surface area contributed by atoms with E-state index in [1.807, 2.05) is 67.6 Å². The Balaban J connectivity index is 1.73. The number of hydrogen-bond donors (Lipinski definition) is 1. The predicted octanol–water partition coefficient (Wildman–Crippen LogP) is 7.00. The number of nitriles is 1. The first-order chi connectivity index (χ1) is 13.9. The third-order valence-electron chi connectivity index (χ3n) is 4.05. The molecule has 144 valence electrons. The predicted molar refractivity (Wildman–Crippen MR) is 120 cm³/mol. The SMILES string of the molecule is Cc1ccc(Cl)cc1NC(=O)/C(C#N)=C\c1ccc(Sc2ccc(Cl)cc2)cc1. The standard InChI is InChI=1S/C23H16Cl2N2OS/c1-15-2-5-19(25)13-22(15)27-23(28)17(14-26)12-16-3-8-20(9-4-16)29-21-10-6-18(24)7-11-21/h2-13H,1H3,(H,27,28)/b17-12-. The van der Waals surface area contributed by atoms with E-state index in [-0.39, 0.29) is 5.57 Å². The maximum absolute atomic E-state index is 12.5. The van der Waals surface area contributed by atoms with Crippen LogP contribution >= 0.6 is 35.0 Å². The number of hydrogen-bond acceptors (Lipinski definition) is 3.